The van der Waals surface area contributed by atoms with Crippen LogP contribution in [0, 0.1) is 0 Å². The second-order valence-corrected chi connectivity index (χ2v) is 24.5. The first-order valence-electron chi connectivity index (χ1n) is 35.5. The van der Waals surface area contributed by atoms with Gasteiger partial charge in [-0.05, 0) is 19.3 Å². The smallest absolute Gasteiger partial charge is 0.306 e. The fourth-order valence-corrected chi connectivity index (χ4v) is 11.3. The molecule has 0 aliphatic carbocycles. The molecule has 0 fully saturated rings. The van der Waals surface area contributed by atoms with Crippen LogP contribution in [0.3, 0.4) is 0 Å². The molecule has 0 saturated carbocycles. The summed E-state index contributed by atoms with van der Waals surface area (Å²) in [6, 6.07) is 0. The molecule has 0 radical (unpaired) electrons. The summed E-state index contributed by atoms with van der Waals surface area (Å²) >= 11 is 0. The Hall–Kier alpha value is -1.59. The Balaban J connectivity index is 3.86. The number of unbranched alkanes of at least 4 members (excludes halogenated alkanes) is 56. The average molecular weight is 1090 g/mol. The molecule has 0 aromatic rings. The number of carbonyl (C=O) groups is 3. The van der Waals surface area contributed by atoms with Gasteiger partial charge in [0.1, 0.15) is 13.2 Å². The summed E-state index contributed by atoms with van der Waals surface area (Å²) in [5.41, 5.74) is 0. The second-order valence-electron chi connectivity index (χ2n) is 24.5. The molecule has 0 aliphatic rings. The van der Waals surface area contributed by atoms with Gasteiger partial charge in [0.2, 0.25) is 0 Å². The van der Waals surface area contributed by atoms with Crippen LogP contribution >= 0.6 is 0 Å². The van der Waals surface area contributed by atoms with E-state index in [2.05, 4.69) is 20.8 Å². The SMILES string of the molecule is CCCCCCCCCCCCCCCCCCCCCCCCCCCCCCCCCCC(=O)OCC(COC(=O)CCCCCCC)OC(=O)CCCCCCCCCCCCCCCCCCCCCCCC. The van der Waals surface area contributed by atoms with Crippen molar-refractivity contribution in [1.82, 2.24) is 0 Å². The largest absolute Gasteiger partial charge is 0.462 e. The Kier molecular flexibility index (Phi) is 65.5. The molecular weight excluding hydrogens is 949 g/mol. The highest BCUT2D eigenvalue weighted by atomic mass is 16.6. The van der Waals surface area contributed by atoms with Crippen molar-refractivity contribution in [3.8, 4) is 0 Å². The molecule has 0 aromatic heterocycles. The van der Waals surface area contributed by atoms with E-state index in [-0.39, 0.29) is 31.1 Å². The van der Waals surface area contributed by atoms with Gasteiger partial charge in [-0.3, -0.25) is 14.4 Å². The van der Waals surface area contributed by atoms with Crippen LogP contribution in [-0.4, -0.2) is 37.2 Å². The van der Waals surface area contributed by atoms with Crippen LogP contribution in [0.25, 0.3) is 0 Å². The highest BCUT2D eigenvalue weighted by molar-refractivity contribution is 5.71. The Morgan fingerprint density at radius 2 is 0.351 bits per heavy atom. The summed E-state index contributed by atoms with van der Waals surface area (Å²) in [5, 5.41) is 0. The minimum Gasteiger partial charge on any atom is -0.462 e. The maximum atomic E-state index is 12.8. The zero-order chi connectivity index (χ0) is 55.7. The first-order chi connectivity index (χ1) is 38.0. The maximum absolute atomic E-state index is 12.8. The molecule has 0 aromatic carbocycles. The number of hydrogen-bond donors (Lipinski definition) is 0. The zero-order valence-electron chi connectivity index (χ0n) is 52.8. The second kappa shape index (κ2) is 66.9. The standard InChI is InChI=1S/C71H138O6/c1-4-7-10-13-15-17-19-21-23-25-27-29-31-32-33-34-35-36-37-38-39-40-42-43-45-47-49-51-53-55-58-61-64-70(73)76-67-68(66-75-69(72)63-60-57-12-9-6-3)77-71(74)65-62-59-56-54-52-50-48-46-44-41-30-28-26-24-22-20-18-16-14-11-8-5-2/h68H,4-67H2,1-3H3. The fraction of sp³-hybridized carbons (Fsp3) is 0.958. The lowest BCUT2D eigenvalue weighted by atomic mass is 10.0. The van der Waals surface area contributed by atoms with E-state index in [0.29, 0.717) is 19.3 Å². The van der Waals surface area contributed by atoms with Crippen molar-refractivity contribution in [1.29, 1.82) is 0 Å². The van der Waals surface area contributed by atoms with Crippen LogP contribution in [0.5, 0.6) is 0 Å². The molecule has 0 aliphatic heterocycles. The van der Waals surface area contributed by atoms with Gasteiger partial charge < -0.3 is 14.2 Å². The van der Waals surface area contributed by atoms with Gasteiger partial charge in [-0.1, -0.05) is 380 Å². The number of ether oxygens (including phenoxy) is 3. The average Bonchev–Trinajstić information content (AvgIpc) is 3.43. The molecule has 0 amide bonds. The van der Waals surface area contributed by atoms with Gasteiger partial charge in [0, 0.05) is 19.3 Å². The highest BCUT2D eigenvalue weighted by Crippen LogP contribution is 2.20. The quantitative estimate of drug-likeness (QED) is 0.0343. The van der Waals surface area contributed by atoms with Crippen LogP contribution in [0.1, 0.15) is 419 Å². The molecule has 0 N–H and O–H groups in total. The minimum absolute atomic E-state index is 0.0622. The topological polar surface area (TPSA) is 78.9 Å². The summed E-state index contributed by atoms with van der Waals surface area (Å²) in [6.45, 7) is 6.65. The monoisotopic (exact) mass is 1090 g/mol. The van der Waals surface area contributed by atoms with Crippen LogP contribution in [0.4, 0.5) is 0 Å². The molecule has 0 rings (SSSR count). The van der Waals surface area contributed by atoms with Crippen molar-refractivity contribution >= 4 is 17.9 Å². The van der Waals surface area contributed by atoms with E-state index in [1.54, 1.807) is 0 Å². The zero-order valence-corrected chi connectivity index (χ0v) is 52.8. The van der Waals surface area contributed by atoms with E-state index in [4.69, 9.17) is 14.2 Å². The summed E-state index contributed by atoms with van der Waals surface area (Å²) < 4.78 is 16.8. The van der Waals surface area contributed by atoms with E-state index in [1.807, 2.05) is 0 Å². The third kappa shape index (κ3) is 65.1. The molecule has 1 atom stereocenters. The van der Waals surface area contributed by atoms with Crippen molar-refractivity contribution in [3.63, 3.8) is 0 Å². The molecule has 0 spiro atoms. The Morgan fingerprint density at radius 3 is 0.519 bits per heavy atom. The lowest BCUT2D eigenvalue weighted by Crippen LogP contribution is -2.30. The maximum Gasteiger partial charge on any atom is 0.306 e. The van der Waals surface area contributed by atoms with Gasteiger partial charge in [-0.25, -0.2) is 0 Å². The fourth-order valence-electron chi connectivity index (χ4n) is 11.3. The summed E-state index contributed by atoms with van der Waals surface area (Å²) in [5.74, 6) is -0.843. The van der Waals surface area contributed by atoms with Gasteiger partial charge in [0.05, 0.1) is 0 Å². The number of esters is 3. The third-order valence-corrected chi connectivity index (χ3v) is 16.6. The van der Waals surface area contributed by atoms with Crippen molar-refractivity contribution < 1.29 is 28.6 Å². The van der Waals surface area contributed by atoms with Gasteiger partial charge in [-0.15, -0.1) is 0 Å². The molecule has 6 nitrogen and oxygen atoms in total. The highest BCUT2D eigenvalue weighted by Gasteiger charge is 2.19. The van der Waals surface area contributed by atoms with E-state index in [0.717, 1.165) is 64.2 Å². The first kappa shape index (κ1) is 75.4. The summed E-state index contributed by atoms with van der Waals surface area (Å²) in [4.78, 5) is 38.0. The molecule has 6 heteroatoms. The van der Waals surface area contributed by atoms with Gasteiger partial charge in [-0.2, -0.15) is 0 Å². The lowest BCUT2D eigenvalue weighted by Gasteiger charge is -2.18. The van der Waals surface area contributed by atoms with Gasteiger partial charge in [0.15, 0.2) is 6.10 Å². The minimum atomic E-state index is -0.761. The lowest BCUT2D eigenvalue weighted by molar-refractivity contribution is -0.167. The van der Waals surface area contributed by atoms with Crippen LogP contribution in [-0.2, 0) is 28.6 Å². The predicted octanol–water partition coefficient (Wildman–Crippen LogP) is 24.2. The summed E-state index contributed by atoms with van der Waals surface area (Å²) in [6.07, 6.45) is 79.2. The molecule has 0 saturated heterocycles. The van der Waals surface area contributed by atoms with Gasteiger partial charge in [0.25, 0.3) is 0 Å². The van der Waals surface area contributed by atoms with E-state index >= 15 is 0 Å². The third-order valence-electron chi connectivity index (χ3n) is 16.6. The molecule has 77 heavy (non-hydrogen) atoms. The van der Waals surface area contributed by atoms with Crippen molar-refractivity contribution in [2.45, 2.75) is 425 Å². The van der Waals surface area contributed by atoms with E-state index in [1.165, 1.54) is 315 Å². The first-order valence-corrected chi connectivity index (χ1v) is 35.5. The molecular formula is C71H138O6. The van der Waals surface area contributed by atoms with Crippen molar-refractivity contribution in [2.75, 3.05) is 13.2 Å². The molecule has 458 valence electrons. The molecule has 1 unspecified atom stereocenters. The van der Waals surface area contributed by atoms with Crippen molar-refractivity contribution in [3.05, 3.63) is 0 Å². The normalized spacial score (nSPS) is 11.9. The molecule has 0 bridgehead atoms. The Bertz CT molecular complexity index is 1160. The molecule has 0 heterocycles. The number of carbonyl (C=O) groups excluding carboxylic acids is 3. The van der Waals surface area contributed by atoms with Crippen molar-refractivity contribution in [2.24, 2.45) is 0 Å². The Labute approximate surface area is 482 Å². The summed E-state index contributed by atoms with van der Waals surface area (Å²) in [7, 11) is 0. The van der Waals surface area contributed by atoms with Crippen LogP contribution < -0.4 is 0 Å². The van der Waals surface area contributed by atoms with E-state index in [9.17, 15) is 14.4 Å². The van der Waals surface area contributed by atoms with E-state index < -0.39 is 6.10 Å². The number of hydrogen-bond acceptors (Lipinski definition) is 6. The Morgan fingerprint density at radius 1 is 0.208 bits per heavy atom. The van der Waals surface area contributed by atoms with Gasteiger partial charge >= 0.3 is 17.9 Å². The number of rotatable bonds is 67. The van der Waals surface area contributed by atoms with Crippen LogP contribution in [0.2, 0.25) is 0 Å². The van der Waals surface area contributed by atoms with Crippen LogP contribution in [0.15, 0.2) is 0 Å². The predicted molar refractivity (Wildman–Crippen MR) is 335 cm³/mol.